The van der Waals surface area contributed by atoms with Crippen molar-refractivity contribution in [2.45, 2.75) is 44.1 Å². The molecule has 0 bridgehead atoms. The van der Waals surface area contributed by atoms with E-state index in [-0.39, 0.29) is 0 Å². The zero-order chi connectivity index (χ0) is 35.3. The van der Waals surface area contributed by atoms with E-state index in [9.17, 15) is 39.5 Å². The summed E-state index contributed by atoms with van der Waals surface area (Å²) in [6.45, 7) is 7.06. The molecule has 2 aromatic rings. The fraction of sp³-hybridized carbons (Fsp3) is 0.560. The van der Waals surface area contributed by atoms with Crippen molar-refractivity contribution in [2.75, 3.05) is 32.8 Å². The van der Waals surface area contributed by atoms with Crippen LogP contribution in [0.3, 0.4) is 0 Å². The van der Waals surface area contributed by atoms with E-state index in [1.165, 1.54) is 17.5 Å². The fourth-order valence-corrected chi connectivity index (χ4v) is 4.03. The molecule has 0 amide bonds. The molecule has 3 N–H and O–H groups in total. The van der Waals surface area contributed by atoms with E-state index in [1.54, 1.807) is 0 Å². The number of fused-ring (bicyclic) bond motifs is 1. The predicted octanol–water partition coefficient (Wildman–Crippen LogP) is 3.44. The first-order valence-corrected chi connectivity index (χ1v) is 12.9. The van der Waals surface area contributed by atoms with E-state index in [0.29, 0.717) is 12.0 Å². The number of nitrogens with zero attached hydrogens (tertiary/aromatic N) is 5. The third kappa shape index (κ3) is 15.8. The molecule has 260 valence electrons. The van der Waals surface area contributed by atoms with Gasteiger partial charge in [-0.05, 0) is 24.6 Å². The van der Waals surface area contributed by atoms with E-state index >= 15 is 0 Å². The molecule has 0 spiro atoms. The van der Waals surface area contributed by atoms with Gasteiger partial charge >= 0.3 is 36.4 Å². The topological polar surface area (TPSA) is 158 Å². The van der Waals surface area contributed by atoms with Gasteiger partial charge in [-0.1, -0.05) is 6.07 Å². The first-order chi connectivity index (χ1) is 21.1. The monoisotopic (exact) mass is 683 g/mol. The Morgan fingerprint density at radius 2 is 1.33 bits per heavy atom. The van der Waals surface area contributed by atoms with Gasteiger partial charge in [0.05, 0.1) is 18.9 Å². The van der Waals surface area contributed by atoms with Crippen LogP contribution in [-0.4, -0.2) is 115 Å². The van der Waals surface area contributed by atoms with Crippen LogP contribution in [0.1, 0.15) is 17.5 Å². The molecule has 2 fully saturated rings. The normalized spacial score (nSPS) is 19.0. The summed E-state index contributed by atoms with van der Waals surface area (Å²) >= 11 is 0. The minimum atomic E-state index is -5.08. The summed E-state index contributed by atoms with van der Waals surface area (Å²) in [6.07, 6.45) is -5.81. The van der Waals surface area contributed by atoms with Crippen molar-refractivity contribution in [1.29, 1.82) is 0 Å². The van der Waals surface area contributed by atoms with Gasteiger partial charge in [-0.2, -0.15) is 44.6 Å². The van der Waals surface area contributed by atoms with Crippen LogP contribution in [-0.2, 0) is 39.3 Å². The maximum atomic E-state index is 10.6. The molecule has 0 unspecified atom stereocenters. The number of aryl methyl sites for hydroxylation is 1. The first kappa shape index (κ1) is 40.0. The van der Waals surface area contributed by atoms with Crippen molar-refractivity contribution in [3.8, 4) is 0 Å². The number of rotatable bonds is 4. The molecule has 2 atom stereocenters. The average molecular weight is 684 g/mol. The van der Waals surface area contributed by atoms with Crippen molar-refractivity contribution >= 4 is 17.9 Å². The van der Waals surface area contributed by atoms with Gasteiger partial charge in [-0.15, -0.1) is 0 Å². The summed E-state index contributed by atoms with van der Waals surface area (Å²) in [5.74, 6) is -7.64. The standard InChI is InChI=1S/C19H27N5O.3C2HF3O2/c1-22-11-17(10-21-22)13-23-6-4-18-14-24(7-8-25-19(18)15-23)12-16-3-2-5-20-9-16;3*3-2(4,5)1(6)7/h2-3,5,9-11,18-19H,4,6-8,12-15H2,1H3;3*(H,6,7)/t18-,19-;;;/m1.../s1. The largest absolute Gasteiger partial charge is 0.490 e. The molecule has 0 aromatic carbocycles. The lowest BCUT2D eigenvalue weighted by molar-refractivity contribution is -0.193. The highest BCUT2D eigenvalue weighted by Gasteiger charge is 2.39. The van der Waals surface area contributed by atoms with Crippen molar-refractivity contribution in [1.82, 2.24) is 24.6 Å². The summed E-state index contributed by atoms with van der Waals surface area (Å²) in [4.78, 5) is 36.0. The number of hydrogen-bond donors (Lipinski definition) is 3. The van der Waals surface area contributed by atoms with Crippen LogP contribution in [0.25, 0.3) is 0 Å². The Labute approximate surface area is 255 Å². The molecular weight excluding hydrogens is 653 g/mol. The fourth-order valence-electron chi connectivity index (χ4n) is 4.03. The highest BCUT2D eigenvalue weighted by molar-refractivity contribution is 5.73. The number of aromatic nitrogens is 3. The van der Waals surface area contributed by atoms with Gasteiger partial charge < -0.3 is 20.1 Å². The van der Waals surface area contributed by atoms with Crippen LogP contribution >= 0.6 is 0 Å². The lowest BCUT2D eigenvalue weighted by atomic mass is 9.93. The van der Waals surface area contributed by atoms with E-state index in [2.05, 4.69) is 32.1 Å². The Bertz CT molecular complexity index is 1180. The number of hydrogen-bond acceptors (Lipinski definition) is 8. The molecule has 2 saturated heterocycles. The molecular formula is C25H30F9N5O7. The first-order valence-electron chi connectivity index (χ1n) is 12.9. The van der Waals surface area contributed by atoms with E-state index in [0.717, 1.165) is 45.9 Å². The highest BCUT2D eigenvalue weighted by Crippen LogP contribution is 2.26. The summed E-state index contributed by atoms with van der Waals surface area (Å²) in [5.41, 5.74) is 2.57. The highest BCUT2D eigenvalue weighted by atomic mass is 19.4. The molecule has 0 radical (unpaired) electrons. The average Bonchev–Trinajstić information content (AvgIpc) is 3.23. The minimum Gasteiger partial charge on any atom is -0.475 e. The molecule has 0 aliphatic carbocycles. The summed E-state index contributed by atoms with van der Waals surface area (Å²) in [6, 6.07) is 4.18. The number of likely N-dealkylation sites (tertiary alicyclic amines) is 1. The Morgan fingerprint density at radius 3 is 1.76 bits per heavy atom. The predicted molar refractivity (Wildman–Crippen MR) is 137 cm³/mol. The van der Waals surface area contributed by atoms with Crippen molar-refractivity contribution < 1.29 is 74.0 Å². The number of ether oxygens (including phenoxy) is 1. The van der Waals surface area contributed by atoms with Crippen molar-refractivity contribution in [2.24, 2.45) is 13.0 Å². The molecule has 0 saturated carbocycles. The Balaban J connectivity index is 0.000000413. The summed E-state index contributed by atoms with van der Waals surface area (Å²) in [7, 11) is 1.97. The second kappa shape index (κ2) is 17.6. The molecule has 4 heterocycles. The molecule has 4 rings (SSSR count). The maximum absolute atomic E-state index is 10.6. The number of alkyl halides is 9. The second-order valence-electron chi connectivity index (χ2n) is 9.72. The third-order valence-corrected chi connectivity index (χ3v) is 6.03. The zero-order valence-corrected chi connectivity index (χ0v) is 23.9. The number of aliphatic carboxylic acids is 3. The number of piperidine rings is 1. The number of carboxylic acid groups (broad SMARTS) is 3. The summed E-state index contributed by atoms with van der Waals surface area (Å²) in [5, 5.41) is 25.7. The van der Waals surface area contributed by atoms with Crippen molar-refractivity contribution in [3.63, 3.8) is 0 Å². The molecule has 21 heteroatoms. The van der Waals surface area contributed by atoms with Crippen molar-refractivity contribution in [3.05, 3.63) is 48.0 Å². The minimum absolute atomic E-state index is 0.351. The van der Waals surface area contributed by atoms with Gasteiger partial charge in [0.25, 0.3) is 0 Å². The van der Waals surface area contributed by atoms with E-state index in [1.807, 2.05) is 36.4 Å². The van der Waals surface area contributed by atoms with Crippen LogP contribution in [0.2, 0.25) is 0 Å². The second-order valence-corrected chi connectivity index (χ2v) is 9.72. The maximum Gasteiger partial charge on any atom is 0.490 e. The van der Waals surface area contributed by atoms with Gasteiger partial charge in [0, 0.05) is 69.8 Å². The third-order valence-electron chi connectivity index (χ3n) is 6.03. The number of carboxylic acids is 3. The van der Waals surface area contributed by atoms with Crippen LogP contribution in [0.15, 0.2) is 36.9 Å². The van der Waals surface area contributed by atoms with Crippen LogP contribution < -0.4 is 0 Å². The molecule has 2 aromatic heterocycles. The lowest BCUT2D eigenvalue weighted by Crippen LogP contribution is -2.46. The molecule has 2 aliphatic heterocycles. The number of pyridine rings is 1. The van der Waals surface area contributed by atoms with Gasteiger partial charge in [-0.25, -0.2) is 14.4 Å². The smallest absolute Gasteiger partial charge is 0.475 e. The van der Waals surface area contributed by atoms with Gasteiger partial charge in [-0.3, -0.25) is 19.5 Å². The quantitative estimate of drug-likeness (QED) is 0.406. The Morgan fingerprint density at radius 1 is 0.826 bits per heavy atom. The zero-order valence-electron chi connectivity index (χ0n) is 23.9. The van der Waals surface area contributed by atoms with Gasteiger partial charge in [0.1, 0.15) is 0 Å². The Kier molecular flexibility index (Phi) is 15.4. The molecule has 12 nitrogen and oxygen atoms in total. The number of carbonyl (C=O) groups is 3. The van der Waals surface area contributed by atoms with E-state index in [4.69, 9.17) is 34.4 Å². The number of halogens is 9. The molecule has 2 aliphatic rings. The van der Waals surface area contributed by atoms with Crippen LogP contribution in [0.5, 0.6) is 0 Å². The van der Waals surface area contributed by atoms with Gasteiger partial charge in [0.15, 0.2) is 0 Å². The Hall–Kier alpha value is -3.98. The lowest BCUT2D eigenvalue weighted by Gasteiger charge is -2.37. The van der Waals surface area contributed by atoms with Gasteiger partial charge in [0.2, 0.25) is 0 Å². The SMILES string of the molecule is Cn1cc(CN2CC[C@@H]3CN(Cc4cccnc4)CCO[C@@H]3C2)cn1.O=C(O)C(F)(F)F.O=C(O)C(F)(F)F.O=C(O)C(F)(F)F. The molecule has 46 heavy (non-hydrogen) atoms. The summed E-state index contributed by atoms with van der Waals surface area (Å²) < 4.78 is 103. The van der Waals surface area contributed by atoms with Crippen LogP contribution in [0.4, 0.5) is 39.5 Å². The van der Waals surface area contributed by atoms with Crippen LogP contribution in [0, 0.1) is 5.92 Å². The van der Waals surface area contributed by atoms with E-state index < -0.39 is 36.4 Å².